The van der Waals surface area contributed by atoms with Crippen LogP contribution in [-0.4, -0.2) is 49.2 Å². The normalized spacial score (nSPS) is 15.1. The molecule has 0 bridgehead atoms. The van der Waals surface area contributed by atoms with Crippen LogP contribution in [0.3, 0.4) is 0 Å². The zero-order chi connectivity index (χ0) is 17.6. The third kappa shape index (κ3) is 3.69. The number of fused-ring (bicyclic) bond motifs is 1. The third-order valence-corrected chi connectivity index (χ3v) is 4.25. The van der Waals surface area contributed by atoms with Crippen molar-refractivity contribution in [3.05, 3.63) is 30.0 Å². The molecule has 0 radical (unpaired) electrons. The number of amides is 1. The van der Waals surface area contributed by atoms with E-state index >= 15 is 0 Å². The van der Waals surface area contributed by atoms with Gasteiger partial charge in [0, 0.05) is 26.7 Å². The number of carbonyl (C=O) groups is 1. The second kappa shape index (κ2) is 7.90. The molecule has 1 aromatic carbocycles. The van der Waals surface area contributed by atoms with Crippen molar-refractivity contribution in [1.82, 2.24) is 15.3 Å². The first-order valence-electron chi connectivity index (χ1n) is 8.42. The smallest absolute Gasteiger partial charge is 0.243 e. The number of aromatic nitrogens is 2. The van der Waals surface area contributed by atoms with Crippen molar-refractivity contribution in [3.63, 3.8) is 0 Å². The molecule has 0 aliphatic carbocycles. The average Bonchev–Trinajstić information content (AvgIpc) is 3.16. The van der Waals surface area contributed by atoms with Crippen LogP contribution in [0.25, 0.3) is 11.0 Å². The van der Waals surface area contributed by atoms with Crippen LogP contribution in [0.5, 0.6) is 0 Å². The molecule has 1 fully saturated rings. The molecule has 7 nitrogen and oxygen atoms in total. The number of para-hydroxylation sites is 2. The van der Waals surface area contributed by atoms with Gasteiger partial charge in [-0.3, -0.25) is 4.79 Å². The molecule has 1 aliphatic heterocycles. The molecule has 130 valence electrons. The van der Waals surface area contributed by atoms with E-state index in [4.69, 9.17) is 9.72 Å². The van der Waals surface area contributed by atoms with Crippen LogP contribution in [0.2, 0.25) is 0 Å². The van der Waals surface area contributed by atoms with Gasteiger partial charge in [0.25, 0.3) is 0 Å². The Morgan fingerprint density at radius 1 is 1.32 bits per heavy atom. The van der Waals surface area contributed by atoms with E-state index < -0.39 is 5.92 Å². The molecule has 1 N–H and O–H groups in total. The molecule has 2 heterocycles. The van der Waals surface area contributed by atoms with E-state index in [2.05, 4.69) is 21.3 Å². The van der Waals surface area contributed by atoms with Gasteiger partial charge < -0.3 is 15.0 Å². The zero-order valence-corrected chi connectivity index (χ0v) is 14.2. The van der Waals surface area contributed by atoms with Gasteiger partial charge in [-0.2, -0.15) is 5.26 Å². The Morgan fingerprint density at radius 2 is 2.00 bits per heavy atom. The van der Waals surface area contributed by atoms with Crippen molar-refractivity contribution >= 4 is 22.8 Å². The summed E-state index contributed by atoms with van der Waals surface area (Å²) in [6.07, 6.45) is 2.15. The van der Waals surface area contributed by atoms with Gasteiger partial charge in [0.2, 0.25) is 5.91 Å². The van der Waals surface area contributed by atoms with Crippen LogP contribution < -0.4 is 10.2 Å². The summed E-state index contributed by atoms with van der Waals surface area (Å²) in [6, 6.07) is 9.61. The maximum absolute atomic E-state index is 12.5. The number of ether oxygens (including phenoxy) is 1. The topological polar surface area (TPSA) is 91.1 Å². The Morgan fingerprint density at radius 3 is 2.64 bits per heavy atom. The van der Waals surface area contributed by atoms with Crippen molar-refractivity contribution in [1.29, 1.82) is 5.26 Å². The number of hydrogen-bond donors (Lipinski definition) is 1. The summed E-state index contributed by atoms with van der Waals surface area (Å²) in [5.74, 6) is -0.723. The van der Waals surface area contributed by atoms with Crippen molar-refractivity contribution in [2.24, 2.45) is 0 Å². The Bertz CT molecular complexity index is 796. The lowest BCUT2D eigenvalue weighted by atomic mass is 10.0. The van der Waals surface area contributed by atoms with E-state index in [1.165, 1.54) is 0 Å². The first-order chi connectivity index (χ1) is 12.2. The number of rotatable bonds is 6. The molecule has 1 aliphatic rings. The van der Waals surface area contributed by atoms with E-state index in [9.17, 15) is 10.1 Å². The van der Waals surface area contributed by atoms with E-state index in [1.807, 2.05) is 24.3 Å². The second-order valence-corrected chi connectivity index (χ2v) is 5.96. The predicted molar refractivity (Wildman–Crippen MR) is 94.2 cm³/mol. The second-order valence-electron chi connectivity index (χ2n) is 5.96. The van der Waals surface area contributed by atoms with Crippen LogP contribution in [0.1, 0.15) is 24.5 Å². The molecule has 1 atom stereocenters. The minimum absolute atomic E-state index is 0.355. The largest absolute Gasteiger partial charge is 0.383 e. The molecule has 1 saturated heterocycles. The molecule has 25 heavy (non-hydrogen) atoms. The number of nitrogens with one attached hydrogen (secondary N) is 1. The highest BCUT2D eigenvalue weighted by Crippen LogP contribution is 2.29. The summed E-state index contributed by atoms with van der Waals surface area (Å²) >= 11 is 0. The first-order valence-corrected chi connectivity index (χ1v) is 8.42. The van der Waals surface area contributed by atoms with Gasteiger partial charge in [-0.15, -0.1) is 0 Å². The first kappa shape index (κ1) is 17.1. The van der Waals surface area contributed by atoms with Gasteiger partial charge in [0.1, 0.15) is 5.69 Å². The average molecular weight is 339 g/mol. The lowest BCUT2D eigenvalue weighted by molar-refractivity contribution is -0.121. The number of carbonyl (C=O) groups excluding carboxylic acids is 1. The minimum atomic E-state index is -0.996. The lowest BCUT2D eigenvalue weighted by Gasteiger charge is -2.21. The Kier molecular flexibility index (Phi) is 5.41. The lowest BCUT2D eigenvalue weighted by Crippen LogP contribution is -2.33. The molecular weight excluding hydrogens is 318 g/mol. The van der Waals surface area contributed by atoms with Gasteiger partial charge >= 0.3 is 0 Å². The zero-order valence-electron chi connectivity index (χ0n) is 14.2. The van der Waals surface area contributed by atoms with Crippen LogP contribution in [0, 0.1) is 11.3 Å². The van der Waals surface area contributed by atoms with Crippen LogP contribution >= 0.6 is 0 Å². The fraction of sp³-hybridized carbons (Fsp3) is 0.444. The van der Waals surface area contributed by atoms with Crippen LogP contribution in [-0.2, 0) is 9.53 Å². The van der Waals surface area contributed by atoms with Gasteiger partial charge in [-0.05, 0) is 25.0 Å². The third-order valence-electron chi connectivity index (χ3n) is 4.25. The number of nitriles is 1. The highest BCUT2D eigenvalue weighted by Gasteiger charge is 2.29. The summed E-state index contributed by atoms with van der Waals surface area (Å²) in [5.41, 5.74) is 1.88. The number of anilines is 1. The number of benzene rings is 1. The SMILES string of the molecule is COCCNC(=O)[C@@H](C#N)c1nc2ccccc2nc1N1CCCC1. The van der Waals surface area contributed by atoms with Gasteiger partial charge in [0.15, 0.2) is 11.7 Å². The van der Waals surface area contributed by atoms with Crippen LogP contribution in [0.4, 0.5) is 5.82 Å². The van der Waals surface area contributed by atoms with E-state index in [1.54, 1.807) is 7.11 Å². The molecule has 1 aromatic heterocycles. The monoisotopic (exact) mass is 339 g/mol. The molecule has 3 rings (SSSR count). The maximum atomic E-state index is 12.5. The Balaban J connectivity index is 2.00. The van der Waals surface area contributed by atoms with Crippen molar-refractivity contribution in [2.45, 2.75) is 18.8 Å². The summed E-state index contributed by atoms with van der Waals surface area (Å²) in [4.78, 5) is 23.9. The highest BCUT2D eigenvalue weighted by atomic mass is 16.5. The fourth-order valence-corrected chi connectivity index (χ4v) is 2.98. The van der Waals surface area contributed by atoms with Crippen molar-refractivity contribution in [2.75, 3.05) is 38.3 Å². The van der Waals surface area contributed by atoms with E-state index in [0.717, 1.165) is 31.4 Å². The number of nitrogens with zero attached hydrogens (tertiary/aromatic N) is 4. The number of methoxy groups -OCH3 is 1. The van der Waals surface area contributed by atoms with Gasteiger partial charge in [-0.1, -0.05) is 12.1 Å². The van der Waals surface area contributed by atoms with E-state index in [0.29, 0.717) is 30.2 Å². The van der Waals surface area contributed by atoms with E-state index in [-0.39, 0.29) is 5.91 Å². The fourth-order valence-electron chi connectivity index (χ4n) is 2.98. The quantitative estimate of drug-likeness (QED) is 0.804. The predicted octanol–water partition coefficient (Wildman–Crippen LogP) is 1.60. The summed E-state index contributed by atoms with van der Waals surface area (Å²) in [6.45, 7) is 2.48. The Labute approximate surface area is 146 Å². The molecule has 2 aromatic rings. The summed E-state index contributed by atoms with van der Waals surface area (Å²) in [7, 11) is 1.56. The molecular formula is C18H21N5O2. The molecule has 7 heteroatoms. The summed E-state index contributed by atoms with van der Waals surface area (Å²) in [5, 5.41) is 12.3. The highest BCUT2D eigenvalue weighted by molar-refractivity contribution is 5.88. The maximum Gasteiger partial charge on any atom is 0.243 e. The molecule has 1 amide bonds. The summed E-state index contributed by atoms with van der Waals surface area (Å²) < 4.78 is 4.94. The molecule has 0 unspecified atom stereocenters. The number of hydrogen-bond acceptors (Lipinski definition) is 6. The minimum Gasteiger partial charge on any atom is -0.383 e. The van der Waals surface area contributed by atoms with Crippen molar-refractivity contribution in [3.8, 4) is 6.07 Å². The van der Waals surface area contributed by atoms with Gasteiger partial charge in [-0.25, -0.2) is 9.97 Å². The molecule has 0 saturated carbocycles. The van der Waals surface area contributed by atoms with Gasteiger partial charge in [0.05, 0.1) is 23.7 Å². The standard InChI is InChI=1S/C18H21N5O2/c1-25-11-8-20-18(24)13(12-19)16-17(23-9-4-5-10-23)22-15-7-3-2-6-14(15)21-16/h2-3,6-7,13H,4-5,8-11H2,1H3,(H,20,24)/t13-/m0/s1. The van der Waals surface area contributed by atoms with Crippen LogP contribution in [0.15, 0.2) is 24.3 Å². The van der Waals surface area contributed by atoms with Crippen molar-refractivity contribution < 1.29 is 9.53 Å². The Hall–Kier alpha value is -2.72. The molecule has 0 spiro atoms.